The molecule has 0 heterocycles. The SMILES string of the molecule is O=C(OCO)C(CCO)=C(CO)CO. The van der Waals surface area contributed by atoms with E-state index in [-0.39, 0.29) is 24.2 Å². The summed E-state index contributed by atoms with van der Waals surface area (Å²) in [6.07, 6.45) is -0.0325. The third-order valence-corrected chi connectivity index (χ3v) is 1.61. The van der Waals surface area contributed by atoms with Crippen LogP contribution in [0.25, 0.3) is 0 Å². The van der Waals surface area contributed by atoms with Crippen LogP contribution < -0.4 is 0 Å². The average Bonchev–Trinajstić information content (AvgIpc) is 2.18. The highest BCUT2D eigenvalue weighted by molar-refractivity contribution is 5.89. The van der Waals surface area contributed by atoms with Crippen molar-refractivity contribution in [3.8, 4) is 0 Å². The van der Waals surface area contributed by atoms with Crippen LogP contribution in [0.3, 0.4) is 0 Å². The molecule has 0 saturated carbocycles. The number of ether oxygens (including phenoxy) is 1. The van der Waals surface area contributed by atoms with E-state index < -0.39 is 26.0 Å². The van der Waals surface area contributed by atoms with Crippen molar-refractivity contribution >= 4 is 5.97 Å². The van der Waals surface area contributed by atoms with Crippen molar-refractivity contribution in [1.82, 2.24) is 0 Å². The molecule has 6 nitrogen and oxygen atoms in total. The molecule has 0 bridgehead atoms. The highest BCUT2D eigenvalue weighted by Gasteiger charge is 2.15. The fourth-order valence-electron chi connectivity index (χ4n) is 0.922. The number of rotatable bonds is 6. The van der Waals surface area contributed by atoms with Gasteiger partial charge in [-0.15, -0.1) is 0 Å². The van der Waals surface area contributed by atoms with Crippen molar-refractivity contribution in [1.29, 1.82) is 0 Å². The highest BCUT2D eigenvalue weighted by atomic mass is 16.6. The van der Waals surface area contributed by atoms with Gasteiger partial charge in [-0.3, -0.25) is 0 Å². The lowest BCUT2D eigenvalue weighted by atomic mass is 10.1. The maximum atomic E-state index is 11.1. The number of esters is 1. The molecule has 0 unspecified atom stereocenters. The Labute approximate surface area is 81.1 Å². The predicted octanol–water partition coefficient (Wildman–Crippen LogP) is -1.86. The van der Waals surface area contributed by atoms with Gasteiger partial charge in [0.2, 0.25) is 0 Å². The van der Waals surface area contributed by atoms with Crippen LogP contribution >= 0.6 is 0 Å². The van der Waals surface area contributed by atoms with Gasteiger partial charge in [-0.2, -0.15) is 0 Å². The van der Waals surface area contributed by atoms with E-state index in [9.17, 15) is 4.79 Å². The first-order valence-corrected chi connectivity index (χ1v) is 4.02. The Hall–Kier alpha value is -0.950. The Balaban J connectivity index is 4.70. The Morgan fingerprint density at radius 3 is 2.00 bits per heavy atom. The van der Waals surface area contributed by atoms with Gasteiger partial charge in [0.1, 0.15) is 0 Å². The quantitative estimate of drug-likeness (QED) is 0.231. The van der Waals surface area contributed by atoms with Crippen molar-refractivity contribution < 1.29 is 30.0 Å². The van der Waals surface area contributed by atoms with Crippen LogP contribution in [-0.2, 0) is 9.53 Å². The summed E-state index contributed by atoms with van der Waals surface area (Å²) in [5.41, 5.74) is 0.0732. The molecule has 0 aromatic heterocycles. The number of hydrogen-bond acceptors (Lipinski definition) is 6. The van der Waals surface area contributed by atoms with Gasteiger partial charge >= 0.3 is 5.97 Å². The van der Waals surface area contributed by atoms with E-state index in [0.717, 1.165) is 0 Å². The number of aliphatic hydroxyl groups is 4. The first-order chi connectivity index (χ1) is 6.71. The summed E-state index contributed by atoms with van der Waals surface area (Å²) in [6.45, 7) is -2.07. The maximum Gasteiger partial charge on any atom is 0.336 e. The van der Waals surface area contributed by atoms with E-state index in [1.807, 2.05) is 0 Å². The van der Waals surface area contributed by atoms with Crippen molar-refractivity contribution in [3.05, 3.63) is 11.1 Å². The van der Waals surface area contributed by atoms with Crippen molar-refractivity contribution in [2.45, 2.75) is 6.42 Å². The molecular weight excluding hydrogens is 192 g/mol. The van der Waals surface area contributed by atoms with E-state index in [0.29, 0.717) is 0 Å². The summed E-state index contributed by atoms with van der Waals surface area (Å²) in [5.74, 6) is -0.848. The second-order valence-electron chi connectivity index (χ2n) is 2.43. The predicted molar refractivity (Wildman–Crippen MR) is 46.1 cm³/mol. The molecule has 0 rings (SSSR count). The molecule has 6 heteroatoms. The Morgan fingerprint density at radius 1 is 1.07 bits per heavy atom. The molecule has 0 amide bonds. The topological polar surface area (TPSA) is 107 Å². The molecule has 0 aromatic carbocycles. The number of carbonyl (C=O) groups is 1. The van der Waals surface area contributed by atoms with Crippen LogP contribution in [0.4, 0.5) is 0 Å². The summed E-state index contributed by atoms with van der Waals surface area (Å²) in [4.78, 5) is 11.1. The van der Waals surface area contributed by atoms with Crippen LogP contribution in [0.15, 0.2) is 11.1 Å². The third kappa shape index (κ3) is 3.84. The van der Waals surface area contributed by atoms with Gasteiger partial charge in [-0.25, -0.2) is 4.79 Å². The van der Waals surface area contributed by atoms with Crippen molar-refractivity contribution in [3.63, 3.8) is 0 Å². The smallest absolute Gasteiger partial charge is 0.336 e. The molecule has 0 aromatic rings. The molecule has 0 aliphatic rings. The van der Waals surface area contributed by atoms with Gasteiger partial charge in [-0.05, 0) is 5.57 Å². The first kappa shape index (κ1) is 13.1. The van der Waals surface area contributed by atoms with Gasteiger partial charge in [0.15, 0.2) is 6.79 Å². The van der Waals surface area contributed by atoms with Crippen LogP contribution in [0.1, 0.15) is 6.42 Å². The van der Waals surface area contributed by atoms with Gasteiger partial charge in [0.05, 0.1) is 13.2 Å². The summed E-state index contributed by atoms with van der Waals surface area (Å²) in [6, 6.07) is 0. The third-order valence-electron chi connectivity index (χ3n) is 1.61. The molecule has 14 heavy (non-hydrogen) atoms. The zero-order valence-corrected chi connectivity index (χ0v) is 7.64. The molecule has 0 spiro atoms. The molecular formula is C8H14O6. The fourth-order valence-corrected chi connectivity index (χ4v) is 0.922. The van der Waals surface area contributed by atoms with Crippen molar-refractivity contribution in [2.24, 2.45) is 0 Å². The van der Waals surface area contributed by atoms with Gasteiger partial charge < -0.3 is 25.2 Å². The van der Waals surface area contributed by atoms with E-state index in [1.165, 1.54) is 0 Å². The van der Waals surface area contributed by atoms with Crippen LogP contribution in [0, 0.1) is 0 Å². The maximum absolute atomic E-state index is 11.1. The minimum Gasteiger partial charge on any atom is -0.435 e. The van der Waals surface area contributed by atoms with Gasteiger partial charge in [0, 0.05) is 18.6 Å². The minimum atomic E-state index is -0.848. The van der Waals surface area contributed by atoms with E-state index in [2.05, 4.69) is 4.74 Å². The van der Waals surface area contributed by atoms with Crippen LogP contribution in [-0.4, -0.2) is 53.0 Å². The lowest BCUT2D eigenvalue weighted by molar-refractivity contribution is -0.147. The Morgan fingerprint density at radius 2 is 1.64 bits per heavy atom. The fraction of sp³-hybridized carbons (Fsp3) is 0.625. The average molecular weight is 206 g/mol. The Bertz CT molecular complexity index is 204. The summed E-state index contributed by atoms with van der Waals surface area (Å²) in [5, 5.41) is 34.5. The van der Waals surface area contributed by atoms with Gasteiger partial charge in [-0.1, -0.05) is 0 Å². The summed E-state index contributed by atoms with van der Waals surface area (Å²) in [7, 11) is 0. The second-order valence-corrected chi connectivity index (χ2v) is 2.43. The van der Waals surface area contributed by atoms with E-state index in [1.54, 1.807) is 0 Å². The second kappa shape index (κ2) is 7.45. The Kier molecular flexibility index (Phi) is 6.95. The largest absolute Gasteiger partial charge is 0.435 e. The lowest BCUT2D eigenvalue weighted by Gasteiger charge is -2.09. The minimum absolute atomic E-state index is 0.00782. The number of hydrogen-bond donors (Lipinski definition) is 4. The van der Waals surface area contributed by atoms with Gasteiger partial charge in [0.25, 0.3) is 0 Å². The summed E-state index contributed by atoms with van der Waals surface area (Å²) >= 11 is 0. The molecule has 0 radical (unpaired) electrons. The van der Waals surface area contributed by atoms with E-state index >= 15 is 0 Å². The molecule has 0 atom stereocenters. The molecule has 0 aliphatic carbocycles. The molecule has 4 N–H and O–H groups in total. The molecule has 0 aliphatic heterocycles. The number of aliphatic hydroxyl groups excluding tert-OH is 4. The van der Waals surface area contributed by atoms with Crippen LogP contribution in [0.2, 0.25) is 0 Å². The number of carbonyl (C=O) groups excluding carboxylic acids is 1. The molecule has 0 saturated heterocycles. The standard InChI is InChI=1S/C8H14O6/c9-2-1-7(6(3-10)4-11)8(13)14-5-12/h9-12H,1-5H2. The van der Waals surface area contributed by atoms with E-state index in [4.69, 9.17) is 20.4 Å². The lowest BCUT2D eigenvalue weighted by Crippen LogP contribution is -2.15. The summed E-state index contributed by atoms with van der Waals surface area (Å²) < 4.78 is 4.27. The zero-order valence-electron chi connectivity index (χ0n) is 7.64. The monoisotopic (exact) mass is 206 g/mol. The zero-order chi connectivity index (χ0) is 11.0. The normalized spacial score (nSPS) is 9.71. The highest BCUT2D eigenvalue weighted by Crippen LogP contribution is 2.10. The molecule has 0 fully saturated rings. The first-order valence-electron chi connectivity index (χ1n) is 4.02. The van der Waals surface area contributed by atoms with Crippen molar-refractivity contribution in [2.75, 3.05) is 26.6 Å². The van der Waals surface area contributed by atoms with Crippen LogP contribution in [0.5, 0.6) is 0 Å². The molecule has 82 valence electrons.